The van der Waals surface area contributed by atoms with Crippen LogP contribution in [0.25, 0.3) is 0 Å². The predicted octanol–water partition coefficient (Wildman–Crippen LogP) is 1.39. The van der Waals surface area contributed by atoms with Crippen molar-refractivity contribution in [1.82, 2.24) is 4.90 Å². The van der Waals surface area contributed by atoms with Gasteiger partial charge in [0.25, 0.3) is 0 Å². The Labute approximate surface area is 84.9 Å². The van der Waals surface area contributed by atoms with Gasteiger partial charge in [-0.3, -0.25) is 14.7 Å². The molecule has 0 radical (unpaired) electrons. The predicted molar refractivity (Wildman–Crippen MR) is 57.7 cm³/mol. The highest BCUT2D eigenvalue weighted by atomic mass is 16.4. The Hall–Kier alpha value is -1.16. The summed E-state index contributed by atoms with van der Waals surface area (Å²) in [5, 5.41) is 8.73. The molecule has 0 aliphatic rings. The summed E-state index contributed by atoms with van der Waals surface area (Å²) < 4.78 is 0. The number of aliphatic imine (C=N–C) groups is 1. The van der Waals surface area contributed by atoms with Crippen molar-refractivity contribution in [2.45, 2.75) is 26.3 Å². The highest BCUT2D eigenvalue weighted by molar-refractivity contribution is 5.72. The summed E-state index contributed by atoms with van der Waals surface area (Å²) >= 11 is 0. The molecular weight excluding hydrogens is 180 g/mol. The first kappa shape index (κ1) is 12.8. The number of carboxylic acid groups (broad SMARTS) is 1. The zero-order chi connectivity index (χ0) is 11.1. The van der Waals surface area contributed by atoms with Crippen molar-refractivity contribution in [3.8, 4) is 0 Å². The van der Waals surface area contributed by atoms with Crippen molar-refractivity contribution in [2.75, 3.05) is 13.6 Å². The van der Waals surface area contributed by atoms with E-state index in [0.717, 1.165) is 6.42 Å². The molecule has 0 saturated carbocycles. The average molecular weight is 198 g/mol. The molecule has 0 aliphatic heterocycles. The molecule has 0 saturated heterocycles. The van der Waals surface area contributed by atoms with E-state index in [2.05, 4.69) is 11.6 Å². The number of hydrogen-bond donors (Lipinski definition) is 1. The number of rotatable bonds is 6. The van der Waals surface area contributed by atoms with E-state index in [4.69, 9.17) is 5.11 Å². The summed E-state index contributed by atoms with van der Waals surface area (Å²) in [4.78, 5) is 16.4. The quantitative estimate of drug-likeness (QED) is 0.656. The molecule has 14 heavy (non-hydrogen) atoms. The largest absolute Gasteiger partial charge is 0.480 e. The van der Waals surface area contributed by atoms with E-state index in [-0.39, 0.29) is 0 Å². The topological polar surface area (TPSA) is 52.9 Å². The van der Waals surface area contributed by atoms with Gasteiger partial charge in [0.1, 0.15) is 6.04 Å². The molecule has 0 rings (SSSR count). The second-order valence-corrected chi connectivity index (χ2v) is 3.22. The third kappa shape index (κ3) is 4.77. The number of carbonyl (C=O) groups is 1. The van der Waals surface area contributed by atoms with E-state index in [9.17, 15) is 4.79 Å². The van der Waals surface area contributed by atoms with E-state index in [0.29, 0.717) is 12.2 Å². The Morgan fingerprint density at radius 1 is 1.71 bits per heavy atom. The Balaban J connectivity index is 4.05. The van der Waals surface area contributed by atoms with E-state index < -0.39 is 12.0 Å². The molecule has 0 heterocycles. The van der Waals surface area contributed by atoms with E-state index in [1.54, 1.807) is 25.1 Å². The maximum atomic E-state index is 10.6. The van der Waals surface area contributed by atoms with Gasteiger partial charge in [0.2, 0.25) is 0 Å². The fourth-order valence-corrected chi connectivity index (χ4v) is 0.875. The van der Waals surface area contributed by atoms with Gasteiger partial charge in [-0.25, -0.2) is 0 Å². The molecule has 0 unspecified atom stereocenters. The summed E-state index contributed by atoms with van der Waals surface area (Å²) in [6.45, 7) is 7.84. The molecule has 0 bridgehead atoms. The zero-order valence-electron chi connectivity index (χ0n) is 9.03. The van der Waals surface area contributed by atoms with Crippen molar-refractivity contribution in [2.24, 2.45) is 4.99 Å². The highest BCUT2D eigenvalue weighted by Crippen LogP contribution is 2.01. The van der Waals surface area contributed by atoms with Gasteiger partial charge >= 0.3 is 5.97 Å². The molecule has 0 aromatic carbocycles. The maximum Gasteiger partial charge on any atom is 0.320 e. The van der Waals surface area contributed by atoms with E-state index in [1.165, 1.54) is 0 Å². The molecule has 80 valence electrons. The van der Waals surface area contributed by atoms with Gasteiger partial charge in [-0.2, -0.15) is 0 Å². The second kappa shape index (κ2) is 6.32. The number of likely N-dealkylation sites (N-methyl/N-ethyl adjacent to an activating group) is 1. The van der Waals surface area contributed by atoms with Crippen LogP contribution in [0, 0.1) is 0 Å². The first-order valence-electron chi connectivity index (χ1n) is 4.62. The monoisotopic (exact) mass is 198 g/mol. The number of carboxylic acids is 1. The zero-order valence-corrected chi connectivity index (χ0v) is 9.03. The van der Waals surface area contributed by atoms with Gasteiger partial charge in [-0.05, 0) is 20.4 Å². The van der Waals surface area contributed by atoms with Crippen molar-refractivity contribution < 1.29 is 9.90 Å². The molecule has 0 aromatic heterocycles. The molecule has 0 aromatic rings. The van der Waals surface area contributed by atoms with Crippen LogP contribution in [0.3, 0.4) is 0 Å². The average Bonchev–Trinajstić information content (AvgIpc) is 2.13. The number of aliphatic carboxylic acids is 1. The Morgan fingerprint density at radius 3 is 2.71 bits per heavy atom. The molecule has 4 heteroatoms. The molecule has 1 atom stereocenters. The molecule has 0 aliphatic carbocycles. The van der Waals surface area contributed by atoms with Crippen LogP contribution in [-0.4, -0.2) is 41.8 Å². The van der Waals surface area contributed by atoms with Crippen molar-refractivity contribution in [3.63, 3.8) is 0 Å². The van der Waals surface area contributed by atoms with Gasteiger partial charge in [-0.15, -0.1) is 0 Å². The third-order valence-electron chi connectivity index (χ3n) is 1.91. The minimum Gasteiger partial charge on any atom is -0.480 e. The molecule has 1 N–H and O–H groups in total. The Bertz CT molecular complexity index is 236. The summed E-state index contributed by atoms with van der Waals surface area (Å²) in [6.07, 6.45) is 2.62. The summed E-state index contributed by atoms with van der Waals surface area (Å²) in [7, 11) is 1.74. The lowest BCUT2D eigenvalue weighted by atomic mass is 10.3. The normalized spacial score (nSPS) is 13.4. The summed E-state index contributed by atoms with van der Waals surface area (Å²) in [5.41, 5.74) is 0.683. The molecule has 0 spiro atoms. The minimum absolute atomic E-state index is 0.476. The van der Waals surface area contributed by atoms with Crippen LogP contribution in [-0.2, 0) is 4.79 Å². The van der Waals surface area contributed by atoms with Crippen molar-refractivity contribution in [3.05, 3.63) is 12.3 Å². The maximum absolute atomic E-state index is 10.6. The lowest BCUT2D eigenvalue weighted by molar-refractivity contribution is -0.141. The first-order chi connectivity index (χ1) is 6.49. The SMILES string of the molecule is C=C(CN(C)[C@H](C)C(=O)O)/N=C\CC. The van der Waals surface area contributed by atoms with Crippen molar-refractivity contribution in [1.29, 1.82) is 0 Å². The summed E-state index contributed by atoms with van der Waals surface area (Å²) in [6, 6.07) is -0.511. The van der Waals surface area contributed by atoms with E-state index in [1.807, 2.05) is 6.92 Å². The van der Waals surface area contributed by atoms with Crippen LogP contribution in [0.2, 0.25) is 0 Å². The Kier molecular flexibility index (Phi) is 5.79. The fourth-order valence-electron chi connectivity index (χ4n) is 0.875. The van der Waals surface area contributed by atoms with Crippen molar-refractivity contribution >= 4 is 12.2 Å². The van der Waals surface area contributed by atoms with E-state index >= 15 is 0 Å². The summed E-state index contributed by atoms with van der Waals surface area (Å²) in [5.74, 6) is -0.834. The third-order valence-corrected chi connectivity index (χ3v) is 1.91. The van der Waals surface area contributed by atoms with Gasteiger partial charge < -0.3 is 5.11 Å². The lowest BCUT2D eigenvalue weighted by Gasteiger charge is -2.20. The van der Waals surface area contributed by atoms with Gasteiger partial charge in [0, 0.05) is 18.5 Å². The van der Waals surface area contributed by atoms with Crippen LogP contribution in [0.1, 0.15) is 20.3 Å². The smallest absolute Gasteiger partial charge is 0.320 e. The van der Waals surface area contributed by atoms with Gasteiger partial charge in [0.05, 0.1) is 0 Å². The number of hydrogen-bond acceptors (Lipinski definition) is 3. The lowest BCUT2D eigenvalue weighted by Crippen LogP contribution is -2.36. The first-order valence-corrected chi connectivity index (χ1v) is 4.62. The molecular formula is C10H18N2O2. The standard InChI is InChI=1S/C10H18N2O2/c1-5-6-11-8(2)7-12(4)9(3)10(13)14/h6,9H,2,5,7H2,1,3-4H3,(H,13,14)/b11-6-/t9-/m1/s1. The molecule has 0 amide bonds. The van der Waals surface area contributed by atoms with Crippen LogP contribution in [0.5, 0.6) is 0 Å². The van der Waals surface area contributed by atoms with Crippen LogP contribution in [0.15, 0.2) is 17.3 Å². The van der Waals surface area contributed by atoms with Crippen LogP contribution >= 0.6 is 0 Å². The van der Waals surface area contributed by atoms with Crippen LogP contribution < -0.4 is 0 Å². The second-order valence-electron chi connectivity index (χ2n) is 3.22. The molecule has 0 fully saturated rings. The minimum atomic E-state index is -0.834. The van der Waals surface area contributed by atoms with Gasteiger partial charge in [0.15, 0.2) is 0 Å². The fraction of sp³-hybridized carbons (Fsp3) is 0.600. The number of nitrogens with zero attached hydrogens (tertiary/aromatic N) is 2. The highest BCUT2D eigenvalue weighted by Gasteiger charge is 2.16. The Morgan fingerprint density at radius 2 is 2.29 bits per heavy atom. The van der Waals surface area contributed by atoms with Gasteiger partial charge in [-0.1, -0.05) is 13.5 Å². The van der Waals surface area contributed by atoms with Crippen LogP contribution in [0.4, 0.5) is 0 Å². The molecule has 4 nitrogen and oxygen atoms in total.